The molecule has 0 aromatic carbocycles. The van der Waals surface area contributed by atoms with Crippen molar-refractivity contribution in [2.75, 3.05) is 19.6 Å². The first-order chi connectivity index (χ1) is 7.97. The van der Waals surface area contributed by atoms with Gasteiger partial charge in [0, 0.05) is 26.1 Å². The zero-order valence-corrected chi connectivity index (χ0v) is 8.70. The summed E-state index contributed by atoms with van der Waals surface area (Å²) in [4.78, 5) is 24.4. The molecule has 2 aliphatic rings. The molecule has 0 saturated carbocycles. The molecule has 17 heavy (non-hydrogen) atoms. The van der Waals surface area contributed by atoms with Gasteiger partial charge in [-0.05, 0) is 0 Å². The van der Waals surface area contributed by atoms with Crippen molar-refractivity contribution in [3.63, 3.8) is 0 Å². The lowest BCUT2D eigenvalue weighted by Gasteiger charge is -2.38. The van der Waals surface area contributed by atoms with Gasteiger partial charge >= 0.3 is 12.1 Å². The molecular weight excluding hydrogens is 245 g/mol. The number of hydrogen-bond donors (Lipinski definition) is 1. The molecule has 2 fully saturated rings. The third kappa shape index (κ3) is 3.06. The van der Waals surface area contributed by atoms with Crippen LogP contribution >= 0.6 is 0 Å². The van der Waals surface area contributed by atoms with Gasteiger partial charge in [-0.25, -0.2) is 14.6 Å². The second kappa shape index (κ2) is 4.77. The first-order valence-corrected chi connectivity index (χ1v) is 5.05. The van der Waals surface area contributed by atoms with Crippen LogP contribution in [-0.2, 0) is 19.4 Å². The van der Waals surface area contributed by atoms with Crippen molar-refractivity contribution in [2.24, 2.45) is 0 Å². The lowest BCUT2D eigenvalue weighted by Crippen LogP contribution is -2.54. The van der Waals surface area contributed by atoms with Gasteiger partial charge in [0.2, 0.25) is 0 Å². The zero-order valence-electron chi connectivity index (χ0n) is 8.70. The highest BCUT2D eigenvalue weighted by Gasteiger charge is 2.45. The molecule has 98 valence electrons. The Labute approximate surface area is 94.5 Å². The molecule has 2 rings (SSSR count). The number of rotatable bonds is 4. The Kier molecular flexibility index (Phi) is 3.52. The highest BCUT2D eigenvalue weighted by Crippen LogP contribution is 2.24. The van der Waals surface area contributed by atoms with E-state index in [1.54, 1.807) is 0 Å². The topological polar surface area (TPSA) is 60.0 Å². The van der Waals surface area contributed by atoms with Gasteiger partial charge in [-0.1, -0.05) is 0 Å². The minimum atomic E-state index is -5.00. The number of carbonyl (C=O) groups is 1. The van der Waals surface area contributed by atoms with Crippen molar-refractivity contribution in [1.29, 1.82) is 0 Å². The van der Waals surface area contributed by atoms with Crippen LogP contribution in [0.3, 0.4) is 0 Å². The van der Waals surface area contributed by atoms with Crippen LogP contribution in [0.4, 0.5) is 13.2 Å². The summed E-state index contributed by atoms with van der Waals surface area (Å²) in [6.45, 7) is 1.46. The molecule has 0 aromatic rings. The van der Waals surface area contributed by atoms with Crippen LogP contribution in [0.15, 0.2) is 0 Å². The van der Waals surface area contributed by atoms with Crippen LogP contribution in [0, 0.1) is 0 Å². The molecule has 0 aromatic heterocycles. The van der Waals surface area contributed by atoms with Crippen LogP contribution < -0.4 is 5.32 Å². The van der Waals surface area contributed by atoms with Crippen LogP contribution in [-0.4, -0.2) is 49.2 Å². The summed E-state index contributed by atoms with van der Waals surface area (Å²) >= 11 is 0. The second-order valence-electron chi connectivity index (χ2n) is 3.73. The minimum Gasteiger partial charge on any atom is -0.358 e. The van der Waals surface area contributed by atoms with Crippen molar-refractivity contribution in [1.82, 2.24) is 10.4 Å². The molecule has 1 unspecified atom stereocenters. The van der Waals surface area contributed by atoms with Crippen molar-refractivity contribution in [2.45, 2.75) is 24.9 Å². The number of nitrogens with one attached hydrogen (secondary N) is 1. The molecule has 1 atom stereocenters. The standard InChI is InChI=1S/C8H11F3N2O4/c9-8(10,11)7(14)15-13-2-1-6(13)17-16-5-3-12-4-5/h5-6,12H,1-4H2. The summed E-state index contributed by atoms with van der Waals surface area (Å²) in [6.07, 6.45) is -5.41. The Morgan fingerprint density at radius 3 is 2.41 bits per heavy atom. The Balaban J connectivity index is 1.69. The smallest absolute Gasteiger partial charge is 0.358 e. The normalized spacial score (nSPS) is 26.2. The molecule has 0 amide bonds. The summed E-state index contributed by atoms with van der Waals surface area (Å²) in [5, 5.41) is 3.74. The van der Waals surface area contributed by atoms with Gasteiger partial charge in [0.05, 0.1) is 0 Å². The van der Waals surface area contributed by atoms with Gasteiger partial charge in [-0.15, -0.1) is 5.06 Å². The largest absolute Gasteiger partial charge is 0.492 e. The van der Waals surface area contributed by atoms with E-state index in [0.29, 0.717) is 19.5 Å². The van der Waals surface area contributed by atoms with E-state index in [-0.39, 0.29) is 12.6 Å². The number of nitrogens with zero attached hydrogens (tertiary/aromatic N) is 1. The van der Waals surface area contributed by atoms with E-state index in [4.69, 9.17) is 9.78 Å². The maximum atomic E-state index is 11.9. The van der Waals surface area contributed by atoms with E-state index in [0.717, 1.165) is 5.06 Å². The third-order valence-corrected chi connectivity index (χ3v) is 2.40. The van der Waals surface area contributed by atoms with Gasteiger partial charge in [0.1, 0.15) is 6.10 Å². The number of hydroxylamine groups is 2. The Morgan fingerprint density at radius 2 is 2.00 bits per heavy atom. The van der Waals surface area contributed by atoms with Gasteiger partial charge < -0.3 is 10.2 Å². The highest BCUT2D eigenvalue weighted by molar-refractivity contribution is 5.75. The predicted octanol–water partition coefficient (Wildman–Crippen LogP) is -0.0413. The average Bonchev–Trinajstić information content (AvgIpc) is 2.14. The maximum Gasteiger partial charge on any atom is 0.492 e. The molecular formula is C8H11F3N2O4. The summed E-state index contributed by atoms with van der Waals surface area (Å²) in [7, 11) is 0. The first kappa shape index (κ1) is 12.6. The molecule has 2 saturated heterocycles. The Morgan fingerprint density at radius 1 is 1.29 bits per heavy atom. The minimum absolute atomic E-state index is 0.101. The SMILES string of the molecule is O=C(ON1CCC1OOC1CNC1)C(F)(F)F. The Hall–Kier alpha value is -0.900. The molecule has 1 N–H and O–H groups in total. The van der Waals surface area contributed by atoms with Crippen molar-refractivity contribution in [3.8, 4) is 0 Å². The number of alkyl halides is 3. The molecule has 2 aliphatic heterocycles. The molecule has 6 nitrogen and oxygen atoms in total. The average molecular weight is 256 g/mol. The number of halogens is 3. The summed E-state index contributed by atoms with van der Waals surface area (Å²) in [5.41, 5.74) is 0. The highest BCUT2D eigenvalue weighted by atomic mass is 19.4. The van der Waals surface area contributed by atoms with Crippen molar-refractivity contribution >= 4 is 5.97 Å². The van der Waals surface area contributed by atoms with E-state index < -0.39 is 18.4 Å². The number of carbonyl (C=O) groups excluding carboxylic acids is 1. The molecule has 0 radical (unpaired) electrons. The fraction of sp³-hybridized carbons (Fsp3) is 0.875. The monoisotopic (exact) mass is 256 g/mol. The lowest BCUT2D eigenvalue weighted by molar-refractivity contribution is -0.434. The van der Waals surface area contributed by atoms with E-state index in [1.165, 1.54) is 0 Å². The van der Waals surface area contributed by atoms with E-state index in [9.17, 15) is 18.0 Å². The summed E-state index contributed by atoms with van der Waals surface area (Å²) < 4.78 is 35.7. The zero-order chi connectivity index (χ0) is 12.5. The van der Waals surface area contributed by atoms with E-state index >= 15 is 0 Å². The van der Waals surface area contributed by atoms with Crippen LogP contribution in [0.25, 0.3) is 0 Å². The summed E-state index contributed by atoms with van der Waals surface area (Å²) in [5.74, 6) is -2.25. The fourth-order valence-electron chi connectivity index (χ4n) is 1.17. The van der Waals surface area contributed by atoms with Gasteiger partial charge in [-0.3, -0.25) is 0 Å². The molecule has 0 bridgehead atoms. The van der Waals surface area contributed by atoms with E-state index in [2.05, 4.69) is 10.2 Å². The van der Waals surface area contributed by atoms with Crippen LogP contribution in [0.1, 0.15) is 6.42 Å². The molecule has 2 heterocycles. The summed E-state index contributed by atoms with van der Waals surface area (Å²) in [6, 6.07) is 0. The van der Waals surface area contributed by atoms with Crippen LogP contribution in [0.2, 0.25) is 0 Å². The van der Waals surface area contributed by atoms with Crippen molar-refractivity contribution in [3.05, 3.63) is 0 Å². The Bertz CT molecular complexity index is 295. The first-order valence-electron chi connectivity index (χ1n) is 5.05. The van der Waals surface area contributed by atoms with Crippen molar-refractivity contribution < 1.29 is 32.6 Å². The molecule has 0 spiro atoms. The second-order valence-corrected chi connectivity index (χ2v) is 3.73. The van der Waals surface area contributed by atoms with Crippen LogP contribution in [0.5, 0.6) is 0 Å². The quantitative estimate of drug-likeness (QED) is 0.562. The van der Waals surface area contributed by atoms with E-state index in [1.807, 2.05) is 0 Å². The molecule has 9 heteroatoms. The van der Waals surface area contributed by atoms with Gasteiger partial charge in [-0.2, -0.15) is 13.2 Å². The molecule has 0 aliphatic carbocycles. The predicted molar refractivity (Wildman–Crippen MR) is 46.1 cm³/mol. The lowest BCUT2D eigenvalue weighted by atomic mass is 10.2. The fourth-order valence-corrected chi connectivity index (χ4v) is 1.17. The van der Waals surface area contributed by atoms with Gasteiger partial charge in [0.25, 0.3) is 0 Å². The number of hydrogen-bond acceptors (Lipinski definition) is 6. The van der Waals surface area contributed by atoms with Gasteiger partial charge in [0.15, 0.2) is 6.23 Å². The third-order valence-electron chi connectivity index (χ3n) is 2.40. The maximum absolute atomic E-state index is 11.9.